The molecule has 0 spiro atoms. The van der Waals surface area contributed by atoms with Gasteiger partial charge in [0, 0.05) is 12.4 Å². The number of carbonyl (C=O) groups is 1. The van der Waals surface area contributed by atoms with E-state index in [2.05, 4.69) is 15.3 Å². The molecule has 0 aliphatic heterocycles. The van der Waals surface area contributed by atoms with Gasteiger partial charge in [0.25, 0.3) is 5.91 Å². The molecule has 1 unspecified atom stereocenters. The highest BCUT2D eigenvalue weighted by molar-refractivity contribution is 7.12. The third kappa shape index (κ3) is 2.25. The first-order valence-corrected chi connectivity index (χ1v) is 5.97. The lowest BCUT2D eigenvalue weighted by atomic mass is 10.3. The molecule has 16 heavy (non-hydrogen) atoms. The van der Waals surface area contributed by atoms with Crippen LogP contribution in [0.5, 0.6) is 0 Å². The molecule has 2 aromatic rings. The minimum atomic E-state index is -0.177. The zero-order valence-electron chi connectivity index (χ0n) is 8.53. The number of hydrogen-bond acceptors (Lipinski definition) is 3. The molecule has 0 bridgehead atoms. The van der Waals surface area contributed by atoms with Gasteiger partial charge in [-0.3, -0.25) is 4.79 Å². The predicted molar refractivity (Wildman–Crippen MR) is 63.8 cm³/mol. The van der Waals surface area contributed by atoms with Gasteiger partial charge in [-0.05, 0) is 18.4 Å². The number of H-pyrrole nitrogens is 1. The fourth-order valence-corrected chi connectivity index (χ4v) is 2.34. The van der Waals surface area contributed by atoms with Gasteiger partial charge < -0.3 is 10.3 Å². The van der Waals surface area contributed by atoms with Crippen molar-refractivity contribution in [2.45, 2.75) is 13.0 Å². The summed E-state index contributed by atoms with van der Waals surface area (Å²) in [5, 5.41) is 5.09. The Balaban J connectivity index is 2.06. The number of hydrogen-bond donors (Lipinski definition) is 2. The molecule has 2 N–H and O–H groups in total. The summed E-state index contributed by atoms with van der Waals surface area (Å²) in [4.78, 5) is 19.4. The van der Waals surface area contributed by atoms with Crippen LogP contribution in [0.3, 0.4) is 0 Å². The van der Waals surface area contributed by atoms with Crippen LogP contribution in [0.15, 0.2) is 23.8 Å². The zero-order chi connectivity index (χ0) is 11.5. The minimum Gasteiger partial charge on any atom is -0.347 e. The SMILES string of the molecule is CC(NC(=O)c1sccc1Cl)c1ncc[nH]1. The summed E-state index contributed by atoms with van der Waals surface area (Å²) in [6.07, 6.45) is 3.37. The fourth-order valence-electron chi connectivity index (χ4n) is 1.30. The molecule has 0 aliphatic rings. The van der Waals surface area contributed by atoms with Crippen molar-refractivity contribution in [3.05, 3.63) is 39.6 Å². The van der Waals surface area contributed by atoms with Crippen LogP contribution < -0.4 is 5.32 Å². The van der Waals surface area contributed by atoms with Gasteiger partial charge in [-0.25, -0.2) is 4.98 Å². The van der Waals surface area contributed by atoms with Gasteiger partial charge in [0.1, 0.15) is 10.7 Å². The lowest BCUT2D eigenvalue weighted by Crippen LogP contribution is -2.26. The maximum absolute atomic E-state index is 11.8. The number of nitrogens with zero attached hydrogens (tertiary/aromatic N) is 1. The Hall–Kier alpha value is -1.33. The van der Waals surface area contributed by atoms with Crippen LogP contribution in [0.1, 0.15) is 28.5 Å². The number of imidazole rings is 1. The molecule has 2 aromatic heterocycles. The number of rotatable bonds is 3. The smallest absolute Gasteiger partial charge is 0.263 e. The molecule has 0 saturated carbocycles. The van der Waals surface area contributed by atoms with E-state index in [-0.39, 0.29) is 11.9 Å². The molecule has 0 aromatic carbocycles. The number of carbonyl (C=O) groups excluding carboxylic acids is 1. The van der Waals surface area contributed by atoms with Crippen molar-refractivity contribution in [3.8, 4) is 0 Å². The minimum absolute atomic E-state index is 0.166. The van der Waals surface area contributed by atoms with Crippen molar-refractivity contribution in [1.29, 1.82) is 0 Å². The zero-order valence-corrected chi connectivity index (χ0v) is 10.1. The Morgan fingerprint density at radius 1 is 1.69 bits per heavy atom. The normalized spacial score (nSPS) is 12.4. The van der Waals surface area contributed by atoms with Gasteiger partial charge in [0.05, 0.1) is 11.1 Å². The van der Waals surface area contributed by atoms with Gasteiger partial charge in [0.2, 0.25) is 0 Å². The maximum Gasteiger partial charge on any atom is 0.263 e. The number of aromatic amines is 1. The fraction of sp³-hybridized carbons (Fsp3) is 0.200. The predicted octanol–water partition coefficient (Wildman–Crippen LogP) is 2.62. The molecule has 0 saturated heterocycles. The summed E-state index contributed by atoms with van der Waals surface area (Å²) in [5.41, 5.74) is 0. The molecule has 0 aliphatic carbocycles. The number of halogens is 1. The van der Waals surface area contributed by atoms with Crippen molar-refractivity contribution in [1.82, 2.24) is 15.3 Å². The Bertz CT molecular complexity index is 480. The van der Waals surface area contributed by atoms with Crippen LogP contribution in [0.25, 0.3) is 0 Å². The quantitative estimate of drug-likeness (QED) is 0.886. The van der Waals surface area contributed by atoms with E-state index < -0.39 is 0 Å². The number of nitrogens with one attached hydrogen (secondary N) is 2. The Morgan fingerprint density at radius 2 is 2.50 bits per heavy atom. The van der Waals surface area contributed by atoms with Crippen LogP contribution >= 0.6 is 22.9 Å². The second-order valence-corrected chi connectivity index (χ2v) is 4.59. The van der Waals surface area contributed by atoms with Crippen LogP contribution in [0, 0.1) is 0 Å². The highest BCUT2D eigenvalue weighted by Crippen LogP contribution is 2.22. The van der Waals surface area contributed by atoms with Gasteiger partial charge in [0.15, 0.2) is 0 Å². The molecular formula is C10H10ClN3OS. The van der Waals surface area contributed by atoms with Crippen molar-refractivity contribution in [3.63, 3.8) is 0 Å². The summed E-state index contributed by atoms with van der Waals surface area (Å²) in [6.45, 7) is 1.86. The molecule has 0 radical (unpaired) electrons. The van der Waals surface area contributed by atoms with Gasteiger partial charge in [-0.2, -0.15) is 0 Å². The Morgan fingerprint density at radius 3 is 3.06 bits per heavy atom. The topological polar surface area (TPSA) is 57.8 Å². The lowest BCUT2D eigenvalue weighted by Gasteiger charge is -2.10. The second kappa shape index (κ2) is 4.67. The Labute approximate surface area is 102 Å². The molecule has 1 amide bonds. The highest BCUT2D eigenvalue weighted by Gasteiger charge is 2.16. The van der Waals surface area contributed by atoms with E-state index in [1.807, 2.05) is 6.92 Å². The molecule has 6 heteroatoms. The van der Waals surface area contributed by atoms with Crippen LogP contribution in [0.2, 0.25) is 5.02 Å². The summed E-state index contributed by atoms with van der Waals surface area (Å²) in [7, 11) is 0. The van der Waals surface area contributed by atoms with E-state index in [1.165, 1.54) is 11.3 Å². The third-order valence-electron chi connectivity index (χ3n) is 2.10. The van der Waals surface area contributed by atoms with E-state index in [0.717, 1.165) is 5.82 Å². The Kier molecular flexibility index (Phi) is 3.26. The lowest BCUT2D eigenvalue weighted by molar-refractivity contribution is 0.0942. The first kappa shape index (κ1) is 11.2. The summed E-state index contributed by atoms with van der Waals surface area (Å²) >= 11 is 7.19. The van der Waals surface area contributed by atoms with Crippen LogP contribution in [0.4, 0.5) is 0 Å². The summed E-state index contributed by atoms with van der Waals surface area (Å²) in [6, 6.07) is 1.54. The number of thiophene rings is 1. The van der Waals surface area contributed by atoms with E-state index in [4.69, 9.17) is 11.6 Å². The molecule has 2 rings (SSSR count). The van der Waals surface area contributed by atoms with Gasteiger partial charge in [-0.15, -0.1) is 11.3 Å². The largest absolute Gasteiger partial charge is 0.347 e. The molecule has 84 valence electrons. The first-order valence-electron chi connectivity index (χ1n) is 4.71. The summed E-state index contributed by atoms with van der Waals surface area (Å²) in [5.74, 6) is 0.546. The van der Waals surface area contributed by atoms with Crippen molar-refractivity contribution < 1.29 is 4.79 Å². The molecule has 1 atom stereocenters. The monoisotopic (exact) mass is 255 g/mol. The highest BCUT2D eigenvalue weighted by atomic mass is 35.5. The maximum atomic E-state index is 11.8. The molecule has 4 nitrogen and oxygen atoms in total. The van der Waals surface area contributed by atoms with Crippen LogP contribution in [-0.2, 0) is 0 Å². The standard InChI is InChI=1S/C10H10ClN3OS/c1-6(9-12-3-4-13-9)14-10(15)8-7(11)2-5-16-8/h2-6H,1H3,(H,12,13)(H,14,15). The van der Waals surface area contributed by atoms with E-state index >= 15 is 0 Å². The van der Waals surface area contributed by atoms with Gasteiger partial charge >= 0.3 is 0 Å². The van der Waals surface area contributed by atoms with Crippen molar-refractivity contribution in [2.75, 3.05) is 0 Å². The van der Waals surface area contributed by atoms with Crippen molar-refractivity contribution in [2.24, 2.45) is 0 Å². The first-order chi connectivity index (χ1) is 7.68. The third-order valence-corrected chi connectivity index (χ3v) is 3.44. The average Bonchev–Trinajstić information content (AvgIpc) is 2.86. The average molecular weight is 256 g/mol. The van der Waals surface area contributed by atoms with Crippen LogP contribution in [-0.4, -0.2) is 15.9 Å². The molecule has 2 heterocycles. The summed E-state index contributed by atoms with van der Waals surface area (Å²) < 4.78 is 0. The van der Waals surface area contributed by atoms with E-state index in [0.29, 0.717) is 9.90 Å². The number of aromatic nitrogens is 2. The molecular weight excluding hydrogens is 246 g/mol. The van der Waals surface area contributed by atoms with Crippen molar-refractivity contribution >= 4 is 28.8 Å². The van der Waals surface area contributed by atoms with E-state index in [9.17, 15) is 4.79 Å². The molecule has 0 fully saturated rings. The second-order valence-electron chi connectivity index (χ2n) is 3.27. The van der Waals surface area contributed by atoms with Gasteiger partial charge in [-0.1, -0.05) is 11.6 Å². The number of amides is 1. The van der Waals surface area contributed by atoms with E-state index in [1.54, 1.807) is 23.8 Å².